The molecular formula is C28H26FNO4. The van der Waals surface area contributed by atoms with E-state index in [2.05, 4.69) is 0 Å². The first kappa shape index (κ1) is 23.2. The molecule has 1 saturated heterocycles. The van der Waals surface area contributed by atoms with Crippen LogP contribution in [0.1, 0.15) is 43.5 Å². The van der Waals surface area contributed by atoms with Gasteiger partial charge in [0.2, 0.25) is 0 Å². The van der Waals surface area contributed by atoms with Gasteiger partial charge < -0.3 is 9.84 Å². The van der Waals surface area contributed by atoms with Crippen molar-refractivity contribution < 1.29 is 23.8 Å². The molecule has 3 aromatic rings. The molecule has 0 bridgehead atoms. The summed E-state index contributed by atoms with van der Waals surface area (Å²) in [6.45, 7) is 5.84. The Morgan fingerprint density at radius 3 is 2.15 bits per heavy atom. The van der Waals surface area contributed by atoms with E-state index in [0.717, 1.165) is 12.0 Å². The monoisotopic (exact) mass is 459 g/mol. The van der Waals surface area contributed by atoms with Crippen LogP contribution in [0.2, 0.25) is 0 Å². The molecule has 1 heterocycles. The molecule has 0 radical (unpaired) electrons. The van der Waals surface area contributed by atoms with Gasteiger partial charge in [-0.2, -0.15) is 0 Å². The van der Waals surface area contributed by atoms with Crippen molar-refractivity contribution >= 4 is 23.1 Å². The Bertz CT molecular complexity index is 1230. The first-order chi connectivity index (χ1) is 16.3. The Labute approximate surface area is 198 Å². The molecule has 6 heteroatoms. The zero-order valence-corrected chi connectivity index (χ0v) is 19.3. The highest BCUT2D eigenvalue weighted by molar-refractivity contribution is 6.51. The molecule has 1 atom stereocenters. The Morgan fingerprint density at radius 1 is 0.971 bits per heavy atom. The molecule has 4 rings (SSSR count). The molecule has 174 valence electrons. The third-order valence-electron chi connectivity index (χ3n) is 5.75. The lowest BCUT2D eigenvalue weighted by Gasteiger charge is -2.25. The van der Waals surface area contributed by atoms with Gasteiger partial charge in [-0.05, 0) is 79.9 Å². The molecule has 1 aliphatic heterocycles. The second-order valence-electron chi connectivity index (χ2n) is 8.43. The van der Waals surface area contributed by atoms with E-state index < -0.39 is 23.5 Å². The molecule has 1 fully saturated rings. The lowest BCUT2D eigenvalue weighted by atomic mass is 9.95. The van der Waals surface area contributed by atoms with Gasteiger partial charge in [-0.1, -0.05) is 31.2 Å². The minimum atomic E-state index is -0.903. The number of carbonyl (C=O) groups is 2. The summed E-state index contributed by atoms with van der Waals surface area (Å²) >= 11 is 0. The molecule has 0 saturated carbocycles. The van der Waals surface area contributed by atoms with E-state index in [0.29, 0.717) is 22.6 Å². The number of nitrogens with zero attached hydrogens (tertiary/aromatic N) is 1. The number of aliphatic hydroxyl groups is 1. The van der Waals surface area contributed by atoms with Crippen molar-refractivity contribution in [2.24, 2.45) is 0 Å². The summed E-state index contributed by atoms with van der Waals surface area (Å²) in [7, 11) is 0. The molecule has 0 aromatic heterocycles. The number of carbonyl (C=O) groups excluding carboxylic acids is 2. The van der Waals surface area contributed by atoms with E-state index >= 15 is 0 Å². The summed E-state index contributed by atoms with van der Waals surface area (Å²) in [6.07, 6.45) is 0.819. The first-order valence-electron chi connectivity index (χ1n) is 11.2. The number of amides is 1. The smallest absolute Gasteiger partial charge is 0.300 e. The molecule has 1 aliphatic rings. The summed E-state index contributed by atoms with van der Waals surface area (Å²) < 4.78 is 19.3. The average Bonchev–Trinajstić information content (AvgIpc) is 3.09. The van der Waals surface area contributed by atoms with Gasteiger partial charge in [-0.15, -0.1) is 0 Å². The van der Waals surface area contributed by atoms with Crippen LogP contribution in [0.25, 0.3) is 5.76 Å². The summed E-state index contributed by atoms with van der Waals surface area (Å²) in [4.78, 5) is 27.7. The molecule has 1 N–H and O–H groups in total. The number of aliphatic hydroxyl groups excluding tert-OH is 1. The normalized spacial score (nSPS) is 17.4. The minimum absolute atomic E-state index is 0.0117. The van der Waals surface area contributed by atoms with Crippen molar-refractivity contribution in [1.82, 2.24) is 0 Å². The number of hydrogen-bond donors (Lipinski definition) is 1. The molecule has 34 heavy (non-hydrogen) atoms. The fraction of sp³-hybridized carbons (Fsp3) is 0.214. The van der Waals surface area contributed by atoms with Crippen LogP contribution in [0.4, 0.5) is 10.1 Å². The van der Waals surface area contributed by atoms with Gasteiger partial charge in [0.25, 0.3) is 11.7 Å². The predicted octanol–water partition coefficient (Wildman–Crippen LogP) is 5.80. The van der Waals surface area contributed by atoms with Crippen LogP contribution in [0, 0.1) is 5.82 Å². The quantitative estimate of drug-likeness (QED) is 0.287. The molecule has 3 aromatic carbocycles. The Hall–Kier alpha value is -3.93. The first-order valence-corrected chi connectivity index (χ1v) is 11.2. The molecule has 0 spiro atoms. The van der Waals surface area contributed by atoms with Gasteiger partial charge in [0.15, 0.2) is 0 Å². The van der Waals surface area contributed by atoms with Crippen LogP contribution >= 0.6 is 0 Å². The van der Waals surface area contributed by atoms with Crippen molar-refractivity contribution in [3.8, 4) is 5.75 Å². The van der Waals surface area contributed by atoms with Gasteiger partial charge in [0.1, 0.15) is 17.3 Å². The zero-order valence-electron chi connectivity index (χ0n) is 19.3. The number of halogens is 1. The SMILES string of the molecule is CCc1ccc(N2C(=O)C(=O)/C(=C(/O)c3ccc(OC(C)C)cc3)C2c2ccc(F)cc2)cc1. The minimum Gasteiger partial charge on any atom is -0.507 e. The Kier molecular flexibility index (Phi) is 6.50. The fourth-order valence-electron chi connectivity index (χ4n) is 4.07. The van der Waals surface area contributed by atoms with E-state index in [9.17, 15) is 19.1 Å². The highest BCUT2D eigenvalue weighted by Crippen LogP contribution is 2.42. The predicted molar refractivity (Wildman–Crippen MR) is 129 cm³/mol. The van der Waals surface area contributed by atoms with E-state index in [1.165, 1.54) is 29.2 Å². The van der Waals surface area contributed by atoms with Gasteiger partial charge in [0, 0.05) is 11.3 Å². The highest BCUT2D eigenvalue weighted by atomic mass is 19.1. The number of aryl methyl sites for hydroxylation is 1. The highest BCUT2D eigenvalue weighted by Gasteiger charge is 2.46. The summed E-state index contributed by atoms with van der Waals surface area (Å²) in [6, 6.07) is 18.7. The van der Waals surface area contributed by atoms with Crippen molar-refractivity contribution in [3.05, 3.63) is 101 Å². The largest absolute Gasteiger partial charge is 0.507 e. The fourth-order valence-corrected chi connectivity index (χ4v) is 4.07. The van der Waals surface area contributed by atoms with Gasteiger partial charge in [0.05, 0.1) is 17.7 Å². The third kappa shape index (κ3) is 4.44. The summed E-state index contributed by atoms with van der Waals surface area (Å²) in [5, 5.41) is 11.2. The topological polar surface area (TPSA) is 66.8 Å². The average molecular weight is 460 g/mol. The standard InChI is InChI=1S/C28H26FNO4/c1-4-18-5-13-22(14-6-18)30-25(19-7-11-21(29)12-8-19)24(27(32)28(30)33)26(31)20-9-15-23(16-10-20)34-17(2)3/h5-17,25,31H,4H2,1-3H3/b26-24+. The summed E-state index contributed by atoms with van der Waals surface area (Å²) in [5.74, 6) is -1.66. The van der Waals surface area contributed by atoms with Crippen LogP contribution in [0.3, 0.4) is 0 Å². The second kappa shape index (κ2) is 9.51. The lowest BCUT2D eigenvalue weighted by molar-refractivity contribution is -0.132. The summed E-state index contributed by atoms with van der Waals surface area (Å²) in [5.41, 5.74) is 2.45. The van der Waals surface area contributed by atoms with Crippen molar-refractivity contribution in [2.45, 2.75) is 39.3 Å². The van der Waals surface area contributed by atoms with Crippen LogP contribution in [-0.4, -0.2) is 22.9 Å². The van der Waals surface area contributed by atoms with Crippen LogP contribution < -0.4 is 9.64 Å². The molecule has 1 unspecified atom stereocenters. The number of Topliss-reactive ketones (excluding diaryl/α,β-unsaturated/α-hetero) is 1. The van der Waals surface area contributed by atoms with Crippen LogP contribution in [0.15, 0.2) is 78.4 Å². The molecule has 1 amide bonds. The Morgan fingerprint density at radius 2 is 1.59 bits per heavy atom. The maximum absolute atomic E-state index is 13.7. The third-order valence-corrected chi connectivity index (χ3v) is 5.75. The number of hydrogen-bond acceptors (Lipinski definition) is 4. The van der Waals surface area contributed by atoms with Crippen molar-refractivity contribution in [3.63, 3.8) is 0 Å². The van der Waals surface area contributed by atoms with Gasteiger partial charge in [-0.3, -0.25) is 14.5 Å². The zero-order chi connectivity index (χ0) is 24.4. The maximum Gasteiger partial charge on any atom is 0.300 e. The lowest BCUT2D eigenvalue weighted by Crippen LogP contribution is -2.29. The van der Waals surface area contributed by atoms with Crippen LogP contribution in [0.5, 0.6) is 5.75 Å². The van der Waals surface area contributed by atoms with Gasteiger partial charge >= 0.3 is 0 Å². The second-order valence-corrected chi connectivity index (χ2v) is 8.43. The number of benzene rings is 3. The number of rotatable bonds is 6. The maximum atomic E-state index is 13.7. The van der Waals surface area contributed by atoms with E-state index in [-0.39, 0.29) is 17.4 Å². The van der Waals surface area contributed by atoms with Crippen LogP contribution in [-0.2, 0) is 16.0 Å². The van der Waals surface area contributed by atoms with E-state index in [4.69, 9.17) is 4.74 Å². The van der Waals surface area contributed by atoms with Crippen molar-refractivity contribution in [1.29, 1.82) is 0 Å². The molecule has 5 nitrogen and oxygen atoms in total. The molecular weight excluding hydrogens is 433 g/mol. The van der Waals surface area contributed by atoms with Crippen molar-refractivity contribution in [2.75, 3.05) is 4.90 Å². The number of anilines is 1. The Balaban J connectivity index is 1.84. The van der Waals surface area contributed by atoms with E-state index in [1.54, 1.807) is 36.4 Å². The van der Waals surface area contributed by atoms with E-state index in [1.807, 2.05) is 32.9 Å². The number of ketones is 1. The molecule has 0 aliphatic carbocycles. The van der Waals surface area contributed by atoms with Gasteiger partial charge in [-0.25, -0.2) is 4.39 Å². The number of ether oxygens (including phenoxy) is 1.